The summed E-state index contributed by atoms with van der Waals surface area (Å²) in [6, 6.07) is 1.12. The quantitative estimate of drug-likeness (QED) is 0.506. The first kappa shape index (κ1) is 14.3. The van der Waals surface area contributed by atoms with Gasteiger partial charge < -0.3 is 5.11 Å². The molecule has 0 amide bonds. The van der Waals surface area contributed by atoms with Crippen molar-refractivity contribution in [2.75, 3.05) is 0 Å². The molecule has 0 atom stereocenters. The van der Waals surface area contributed by atoms with E-state index in [1.165, 1.54) is 13.8 Å². The number of carboxylic acid groups (broad SMARTS) is 1. The van der Waals surface area contributed by atoms with Gasteiger partial charge in [0.05, 0.1) is 9.85 Å². The van der Waals surface area contributed by atoms with Gasteiger partial charge in [0.2, 0.25) is 0 Å². The van der Waals surface area contributed by atoms with E-state index in [9.17, 15) is 25.0 Å². The monoisotopic (exact) mass is 266 g/mol. The molecule has 0 aliphatic carbocycles. The second-order valence-corrected chi connectivity index (χ2v) is 3.77. The second kappa shape index (κ2) is 5.25. The summed E-state index contributed by atoms with van der Waals surface area (Å²) in [4.78, 5) is 30.8. The summed E-state index contributed by atoms with van der Waals surface area (Å²) in [5.74, 6) is -1.25. The number of benzene rings is 1. The van der Waals surface area contributed by atoms with Gasteiger partial charge >= 0.3 is 5.97 Å². The fourth-order valence-corrected chi connectivity index (χ4v) is 1.70. The number of rotatable bonds is 4. The Labute approximate surface area is 107 Å². The lowest BCUT2D eigenvalue weighted by Gasteiger charge is -2.06. The van der Waals surface area contributed by atoms with Crippen molar-refractivity contribution in [1.29, 1.82) is 0 Å². The minimum absolute atomic E-state index is 0.0556. The first-order valence-corrected chi connectivity index (χ1v) is 5.09. The molecule has 1 aromatic rings. The number of hydrogen-bond acceptors (Lipinski definition) is 5. The lowest BCUT2D eigenvalue weighted by molar-refractivity contribution is -0.395. The number of carbonyl (C=O) groups is 1. The van der Waals surface area contributed by atoms with Gasteiger partial charge in [-0.2, -0.15) is 0 Å². The van der Waals surface area contributed by atoms with Gasteiger partial charge in [0.15, 0.2) is 0 Å². The molecule has 0 fully saturated rings. The topological polar surface area (TPSA) is 124 Å². The van der Waals surface area contributed by atoms with Gasteiger partial charge in [0.1, 0.15) is 5.56 Å². The molecule has 0 unspecified atom stereocenters. The highest BCUT2D eigenvalue weighted by atomic mass is 16.6. The Morgan fingerprint density at radius 2 is 1.79 bits per heavy atom. The third-order valence-electron chi connectivity index (χ3n) is 2.60. The van der Waals surface area contributed by atoms with Crippen LogP contribution in [0.4, 0.5) is 11.4 Å². The van der Waals surface area contributed by atoms with E-state index >= 15 is 0 Å². The molecule has 19 heavy (non-hydrogen) atoms. The van der Waals surface area contributed by atoms with Crippen LogP contribution in [0.15, 0.2) is 12.1 Å². The highest BCUT2D eigenvalue weighted by Gasteiger charge is 2.26. The molecule has 1 rings (SSSR count). The summed E-state index contributed by atoms with van der Waals surface area (Å²) in [6.45, 7) is 2.70. The lowest BCUT2D eigenvalue weighted by atomic mass is 10.0. The molecule has 0 heterocycles. The van der Waals surface area contributed by atoms with Crippen LogP contribution in [0.5, 0.6) is 0 Å². The van der Waals surface area contributed by atoms with Crippen LogP contribution in [0.1, 0.15) is 16.7 Å². The van der Waals surface area contributed by atoms with Gasteiger partial charge in [-0.25, -0.2) is 4.79 Å². The van der Waals surface area contributed by atoms with E-state index in [0.29, 0.717) is 0 Å². The first-order valence-electron chi connectivity index (χ1n) is 5.09. The summed E-state index contributed by atoms with van der Waals surface area (Å²) in [5.41, 5.74) is -0.529. The number of carboxylic acids is 1. The predicted molar refractivity (Wildman–Crippen MR) is 65.9 cm³/mol. The molecule has 0 spiro atoms. The number of nitrogens with zero attached hydrogens (tertiary/aromatic N) is 2. The molecule has 0 aromatic heterocycles. The lowest BCUT2D eigenvalue weighted by Crippen LogP contribution is -2.02. The minimum Gasteiger partial charge on any atom is -0.478 e. The van der Waals surface area contributed by atoms with Crippen molar-refractivity contribution in [3.8, 4) is 0 Å². The van der Waals surface area contributed by atoms with Gasteiger partial charge in [0, 0.05) is 17.7 Å². The fraction of sp³-hybridized carbons (Fsp3) is 0.182. The summed E-state index contributed by atoms with van der Waals surface area (Å²) in [7, 11) is 0. The maximum atomic E-state index is 11.0. The molecule has 8 heteroatoms. The van der Waals surface area contributed by atoms with Crippen LogP contribution in [0, 0.1) is 34.1 Å². The van der Waals surface area contributed by atoms with Crippen LogP contribution in [0.2, 0.25) is 0 Å². The number of hydrogen-bond donors (Lipinski definition) is 1. The van der Waals surface area contributed by atoms with Gasteiger partial charge in [0.25, 0.3) is 11.4 Å². The smallest absolute Gasteiger partial charge is 0.328 e. The normalized spacial score (nSPS) is 10.6. The predicted octanol–water partition coefficient (Wildman–Crippen LogP) is 2.22. The molecule has 0 saturated carbocycles. The molecule has 0 aliphatic heterocycles. The summed E-state index contributed by atoms with van der Waals surface area (Å²) >= 11 is 0. The van der Waals surface area contributed by atoms with E-state index in [2.05, 4.69) is 0 Å². The zero-order valence-electron chi connectivity index (χ0n) is 10.1. The first-order chi connectivity index (χ1) is 8.75. The zero-order valence-corrected chi connectivity index (χ0v) is 10.1. The molecule has 8 nitrogen and oxygen atoms in total. The van der Waals surface area contributed by atoms with E-state index in [0.717, 1.165) is 18.2 Å². The Morgan fingerprint density at radius 1 is 1.21 bits per heavy atom. The van der Waals surface area contributed by atoms with Crippen LogP contribution in [0.25, 0.3) is 6.08 Å². The Kier molecular flexibility index (Phi) is 3.95. The third kappa shape index (κ3) is 2.92. The van der Waals surface area contributed by atoms with Crippen LogP contribution in [-0.4, -0.2) is 20.9 Å². The second-order valence-electron chi connectivity index (χ2n) is 3.77. The van der Waals surface area contributed by atoms with Gasteiger partial charge in [-0.1, -0.05) is 0 Å². The summed E-state index contributed by atoms with van der Waals surface area (Å²) < 4.78 is 0. The van der Waals surface area contributed by atoms with E-state index in [1.807, 2.05) is 0 Å². The highest BCUT2D eigenvalue weighted by Crippen LogP contribution is 2.34. The van der Waals surface area contributed by atoms with Crippen LogP contribution >= 0.6 is 0 Å². The van der Waals surface area contributed by atoms with Gasteiger partial charge in [-0.15, -0.1) is 0 Å². The van der Waals surface area contributed by atoms with E-state index < -0.39 is 21.5 Å². The number of nitro benzene ring substituents is 2. The minimum atomic E-state index is -1.25. The van der Waals surface area contributed by atoms with Crippen molar-refractivity contribution in [3.63, 3.8) is 0 Å². The summed E-state index contributed by atoms with van der Waals surface area (Å²) in [6.07, 6.45) is 1.86. The maximum absolute atomic E-state index is 11.0. The molecular formula is C11H10N2O6. The summed E-state index contributed by atoms with van der Waals surface area (Å²) in [5, 5.41) is 30.3. The fourth-order valence-electron chi connectivity index (χ4n) is 1.70. The Hall–Kier alpha value is -2.77. The Balaban J connectivity index is 3.61. The van der Waals surface area contributed by atoms with Crippen LogP contribution in [-0.2, 0) is 4.79 Å². The standard InChI is InChI=1S/C11H10N2O6/c1-6-8(3-4-10(14)15)5-9(12(16)17)7(2)11(6)13(18)19/h3-5H,1-2H3,(H,14,15)/b4-3+. The molecule has 0 saturated heterocycles. The molecule has 100 valence electrons. The van der Waals surface area contributed by atoms with Crippen molar-refractivity contribution >= 4 is 23.4 Å². The molecular weight excluding hydrogens is 256 g/mol. The van der Waals surface area contributed by atoms with Crippen molar-refractivity contribution in [2.24, 2.45) is 0 Å². The Morgan fingerprint density at radius 3 is 2.21 bits per heavy atom. The number of aliphatic carboxylic acids is 1. The molecule has 1 N–H and O–H groups in total. The average molecular weight is 266 g/mol. The molecule has 0 aliphatic rings. The molecule has 0 radical (unpaired) electrons. The van der Waals surface area contributed by atoms with Crippen molar-refractivity contribution in [3.05, 3.63) is 49.1 Å². The van der Waals surface area contributed by atoms with Crippen molar-refractivity contribution in [1.82, 2.24) is 0 Å². The Bertz CT molecular complexity index is 606. The van der Waals surface area contributed by atoms with E-state index in [-0.39, 0.29) is 22.4 Å². The van der Waals surface area contributed by atoms with E-state index in [4.69, 9.17) is 5.11 Å². The highest BCUT2D eigenvalue weighted by molar-refractivity contribution is 5.86. The average Bonchev–Trinajstić information content (AvgIpc) is 2.26. The van der Waals surface area contributed by atoms with Gasteiger partial charge in [-0.3, -0.25) is 20.2 Å². The van der Waals surface area contributed by atoms with E-state index in [1.54, 1.807) is 0 Å². The molecule has 0 bridgehead atoms. The number of nitro groups is 2. The van der Waals surface area contributed by atoms with Crippen LogP contribution in [0.3, 0.4) is 0 Å². The van der Waals surface area contributed by atoms with Crippen molar-refractivity contribution in [2.45, 2.75) is 13.8 Å². The van der Waals surface area contributed by atoms with Gasteiger partial charge in [-0.05, 0) is 25.5 Å². The third-order valence-corrected chi connectivity index (χ3v) is 2.60. The SMILES string of the molecule is Cc1c(/C=C/C(=O)O)cc([N+](=O)[O-])c(C)c1[N+](=O)[O-]. The largest absolute Gasteiger partial charge is 0.478 e. The van der Waals surface area contributed by atoms with Crippen molar-refractivity contribution < 1.29 is 19.7 Å². The molecule has 1 aromatic carbocycles. The zero-order chi connectivity index (χ0) is 14.7. The van der Waals surface area contributed by atoms with Crippen LogP contribution < -0.4 is 0 Å². The maximum Gasteiger partial charge on any atom is 0.328 e.